The van der Waals surface area contributed by atoms with Gasteiger partial charge in [-0.15, -0.1) is 0 Å². The molecule has 0 unspecified atom stereocenters. The molecule has 0 atom stereocenters. The number of hydrogen-bond donors (Lipinski definition) is 0. The van der Waals surface area contributed by atoms with E-state index >= 15 is 0 Å². The van der Waals surface area contributed by atoms with E-state index in [0.717, 1.165) is 42.3 Å². The molecule has 4 rings (SSSR count). The summed E-state index contributed by atoms with van der Waals surface area (Å²) in [4.78, 5) is 16.6. The third-order valence-electron chi connectivity index (χ3n) is 5.81. The lowest BCUT2D eigenvalue weighted by Gasteiger charge is -2.35. The van der Waals surface area contributed by atoms with E-state index < -0.39 is 5.60 Å². The number of carbonyl (C=O) groups excluding carboxylic acids is 1. The number of carbonyl (C=O) groups is 1. The minimum atomic E-state index is -0.475. The van der Waals surface area contributed by atoms with Gasteiger partial charge in [-0.05, 0) is 57.0 Å². The first-order valence-electron chi connectivity index (χ1n) is 11.9. The number of amides is 1. The lowest BCUT2D eigenvalue weighted by atomic mass is 10.0. The minimum absolute atomic E-state index is 0.234. The summed E-state index contributed by atoms with van der Waals surface area (Å²) >= 11 is 0. The predicted octanol–water partition coefficient (Wildman–Crippen LogP) is 6.51. The topological polar surface area (TPSA) is 42.0 Å². The summed E-state index contributed by atoms with van der Waals surface area (Å²) in [5.74, 6) is 1.68. The smallest absolute Gasteiger partial charge is 0.410 e. The largest absolute Gasteiger partial charge is 0.457 e. The van der Waals surface area contributed by atoms with Gasteiger partial charge in [-0.1, -0.05) is 60.2 Å². The summed E-state index contributed by atoms with van der Waals surface area (Å²) in [6.45, 7) is 11.5. The molecule has 0 bridgehead atoms. The Bertz CT molecular complexity index is 1110. The summed E-state index contributed by atoms with van der Waals surface area (Å²) in [6.07, 6.45) is -0.234. The molecule has 0 saturated carbocycles. The van der Waals surface area contributed by atoms with Crippen molar-refractivity contribution in [3.05, 3.63) is 83.9 Å². The normalized spacial score (nSPS) is 14.6. The monoisotopic (exact) mass is 458 g/mol. The maximum Gasteiger partial charge on any atom is 0.410 e. The minimum Gasteiger partial charge on any atom is -0.457 e. The van der Waals surface area contributed by atoms with Gasteiger partial charge in [-0.3, -0.25) is 4.90 Å². The molecule has 5 heteroatoms. The number of aryl methyl sites for hydroxylation is 1. The van der Waals surface area contributed by atoms with Crippen molar-refractivity contribution in [2.45, 2.75) is 39.8 Å². The van der Waals surface area contributed by atoms with Crippen molar-refractivity contribution in [2.24, 2.45) is 0 Å². The molecule has 0 N–H and O–H groups in total. The lowest BCUT2D eigenvalue weighted by molar-refractivity contribution is 0.0138. The molecule has 1 saturated heterocycles. The van der Waals surface area contributed by atoms with Gasteiger partial charge in [0.15, 0.2) is 0 Å². The van der Waals surface area contributed by atoms with Gasteiger partial charge in [-0.2, -0.15) is 0 Å². The van der Waals surface area contributed by atoms with Gasteiger partial charge >= 0.3 is 6.09 Å². The van der Waals surface area contributed by atoms with Gasteiger partial charge in [0.2, 0.25) is 0 Å². The van der Waals surface area contributed by atoms with E-state index in [1.165, 1.54) is 11.1 Å². The molecule has 0 radical (unpaired) electrons. The molecule has 0 spiro atoms. The zero-order valence-corrected chi connectivity index (χ0v) is 20.6. The molecule has 34 heavy (non-hydrogen) atoms. The average Bonchev–Trinajstić information content (AvgIpc) is 2.80. The van der Waals surface area contributed by atoms with Crippen LogP contribution in [-0.4, -0.2) is 47.7 Å². The molecule has 178 valence electrons. The summed E-state index contributed by atoms with van der Waals surface area (Å²) in [6, 6.07) is 24.9. The third kappa shape index (κ3) is 6.39. The van der Waals surface area contributed by atoms with Gasteiger partial charge in [0.05, 0.1) is 0 Å². The van der Waals surface area contributed by atoms with Crippen LogP contribution in [0.5, 0.6) is 11.5 Å². The van der Waals surface area contributed by atoms with Crippen LogP contribution in [0.25, 0.3) is 11.1 Å². The molecule has 1 heterocycles. The first kappa shape index (κ1) is 23.8. The van der Waals surface area contributed by atoms with Crippen LogP contribution >= 0.6 is 0 Å². The lowest BCUT2D eigenvalue weighted by Crippen LogP contribution is -2.49. The van der Waals surface area contributed by atoms with Crippen LogP contribution in [0.2, 0.25) is 0 Å². The highest BCUT2D eigenvalue weighted by molar-refractivity contribution is 5.68. The maximum atomic E-state index is 12.4. The van der Waals surface area contributed by atoms with Crippen LogP contribution in [-0.2, 0) is 11.3 Å². The second-order valence-corrected chi connectivity index (χ2v) is 9.85. The van der Waals surface area contributed by atoms with E-state index in [1.54, 1.807) is 4.90 Å². The first-order chi connectivity index (χ1) is 16.3. The zero-order chi connectivity index (χ0) is 24.1. The number of nitrogens with zero attached hydrogens (tertiary/aromatic N) is 2. The Morgan fingerprint density at radius 1 is 0.853 bits per heavy atom. The van der Waals surface area contributed by atoms with Crippen molar-refractivity contribution in [3.63, 3.8) is 0 Å². The number of ether oxygens (including phenoxy) is 2. The SMILES string of the molecule is Cc1cccc(-c2ccc(CN3CCN(C(=O)OC(C)(C)C)CC3)c(Oc3ccccc3)c2)c1. The first-order valence-corrected chi connectivity index (χ1v) is 11.9. The summed E-state index contributed by atoms with van der Waals surface area (Å²) < 4.78 is 11.9. The Morgan fingerprint density at radius 3 is 2.24 bits per heavy atom. The highest BCUT2D eigenvalue weighted by atomic mass is 16.6. The van der Waals surface area contributed by atoms with Crippen LogP contribution in [0.15, 0.2) is 72.8 Å². The predicted molar refractivity (Wildman–Crippen MR) is 136 cm³/mol. The molecule has 5 nitrogen and oxygen atoms in total. The Kier molecular flexibility index (Phi) is 7.23. The molecule has 3 aromatic carbocycles. The molecule has 1 fully saturated rings. The quantitative estimate of drug-likeness (QED) is 0.437. The fourth-order valence-corrected chi connectivity index (χ4v) is 4.06. The van der Waals surface area contributed by atoms with Crippen LogP contribution in [0, 0.1) is 6.92 Å². The average molecular weight is 459 g/mol. The Hall–Kier alpha value is -3.31. The van der Waals surface area contributed by atoms with Crippen LogP contribution in [0.4, 0.5) is 4.79 Å². The molecule has 1 amide bonds. The molecule has 0 aliphatic carbocycles. The molecular formula is C29H34N2O3. The van der Waals surface area contributed by atoms with Crippen molar-refractivity contribution in [3.8, 4) is 22.6 Å². The van der Waals surface area contributed by atoms with E-state index in [9.17, 15) is 4.79 Å². The van der Waals surface area contributed by atoms with Crippen molar-refractivity contribution in [1.82, 2.24) is 9.80 Å². The standard InChI is InChI=1S/C29H34N2O3/c1-22-9-8-10-23(19-22)24-13-14-25(27(20-24)33-26-11-6-5-7-12-26)21-30-15-17-31(18-16-30)28(32)34-29(2,3)4/h5-14,19-20H,15-18,21H2,1-4H3. The van der Waals surface area contributed by atoms with Crippen molar-refractivity contribution in [2.75, 3.05) is 26.2 Å². The van der Waals surface area contributed by atoms with E-state index in [-0.39, 0.29) is 6.09 Å². The van der Waals surface area contributed by atoms with Crippen molar-refractivity contribution >= 4 is 6.09 Å². The number of rotatable bonds is 5. The Balaban J connectivity index is 1.50. The number of piperazine rings is 1. The van der Waals surface area contributed by atoms with Crippen LogP contribution in [0.1, 0.15) is 31.9 Å². The van der Waals surface area contributed by atoms with E-state index in [4.69, 9.17) is 9.47 Å². The van der Waals surface area contributed by atoms with Gasteiger partial charge in [-0.25, -0.2) is 4.79 Å². The van der Waals surface area contributed by atoms with Crippen molar-refractivity contribution in [1.29, 1.82) is 0 Å². The van der Waals surface area contributed by atoms with E-state index in [0.29, 0.717) is 13.1 Å². The van der Waals surface area contributed by atoms with Gasteiger partial charge in [0.25, 0.3) is 0 Å². The fourth-order valence-electron chi connectivity index (χ4n) is 4.06. The summed E-state index contributed by atoms with van der Waals surface area (Å²) in [7, 11) is 0. The molecule has 1 aliphatic rings. The maximum absolute atomic E-state index is 12.4. The van der Waals surface area contributed by atoms with Gasteiger partial charge in [0, 0.05) is 38.3 Å². The second kappa shape index (κ2) is 10.3. The molecular weight excluding hydrogens is 424 g/mol. The molecule has 0 aromatic heterocycles. The number of benzene rings is 3. The highest BCUT2D eigenvalue weighted by Crippen LogP contribution is 2.32. The number of para-hydroxylation sites is 1. The molecule has 3 aromatic rings. The van der Waals surface area contributed by atoms with E-state index in [1.807, 2.05) is 51.1 Å². The molecule has 1 aliphatic heterocycles. The van der Waals surface area contributed by atoms with Crippen LogP contribution in [0.3, 0.4) is 0 Å². The second-order valence-electron chi connectivity index (χ2n) is 9.85. The highest BCUT2D eigenvalue weighted by Gasteiger charge is 2.26. The Labute approximate surface area is 202 Å². The third-order valence-corrected chi connectivity index (χ3v) is 5.81. The van der Waals surface area contributed by atoms with Crippen molar-refractivity contribution < 1.29 is 14.3 Å². The van der Waals surface area contributed by atoms with Gasteiger partial charge < -0.3 is 14.4 Å². The zero-order valence-electron chi connectivity index (χ0n) is 20.6. The Morgan fingerprint density at radius 2 is 1.56 bits per heavy atom. The van der Waals surface area contributed by atoms with E-state index in [2.05, 4.69) is 54.3 Å². The summed E-state index contributed by atoms with van der Waals surface area (Å²) in [5, 5.41) is 0. The fraction of sp³-hybridized carbons (Fsp3) is 0.345. The van der Waals surface area contributed by atoms with Gasteiger partial charge in [0.1, 0.15) is 17.1 Å². The summed E-state index contributed by atoms with van der Waals surface area (Å²) in [5.41, 5.74) is 4.20. The van der Waals surface area contributed by atoms with Crippen LogP contribution < -0.4 is 4.74 Å². The number of hydrogen-bond acceptors (Lipinski definition) is 4.